The van der Waals surface area contributed by atoms with E-state index >= 15 is 0 Å². The van der Waals surface area contributed by atoms with Gasteiger partial charge in [0, 0.05) is 44.5 Å². The highest BCUT2D eigenvalue weighted by Gasteiger charge is 2.15. The van der Waals surface area contributed by atoms with Crippen molar-refractivity contribution in [3.8, 4) is 0 Å². The molecule has 0 aliphatic carbocycles. The van der Waals surface area contributed by atoms with E-state index in [-0.39, 0.29) is 29.5 Å². The molecule has 2 heterocycles. The summed E-state index contributed by atoms with van der Waals surface area (Å²) >= 11 is 0. The van der Waals surface area contributed by atoms with Crippen LogP contribution >= 0.6 is 24.0 Å². The van der Waals surface area contributed by atoms with Gasteiger partial charge in [-0.05, 0) is 52.4 Å². The van der Waals surface area contributed by atoms with Crippen LogP contribution in [0.1, 0.15) is 33.3 Å². The summed E-state index contributed by atoms with van der Waals surface area (Å²) in [5.41, 5.74) is 1.18. The van der Waals surface area contributed by atoms with E-state index in [9.17, 15) is 0 Å². The number of hydrogen-bond donors (Lipinski definition) is 2. The van der Waals surface area contributed by atoms with Crippen LogP contribution in [0.15, 0.2) is 23.3 Å². The first-order valence-corrected chi connectivity index (χ1v) is 8.82. The van der Waals surface area contributed by atoms with E-state index in [0.29, 0.717) is 6.54 Å². The van der Waals surface area contributed by atoms with Crippen molar-refractivity contribution in [2.24, 2.45) is 4.99 Å². The van der Waals surface area contributed by atoms with Crippen LogP contribution in [0, 0.1) is 0 Å². The zero-order valence-electron chi connectivity index (χ0n) is 16.2. The van der Waals surface area contributed by atoms with Gasteiger partial charge in [0.2, 0.25) is 0 Å². The number of guanidine groups is 1. The highest BCUT2D eigenvalue weighted by Crippen LogP contribution is 2.15. The summed E-state index contributed by atoms with van der Waals surface area (Å²) in [6.07, 6.45) is 1.89. The van der Waals surface area contributed by atoms with Crippen molar-refractivity contribution < 1.29 is 0 Å². The molecule has 0 aromatic carbocycles. The summed E-state index contributed by atoms with van der Waals surface area (Å²) in [7, 11) is 2.17. The Morgan fingerprint density at radius 3 is 2.52 bits per heavy atom. The standard InChI is InChI=1S/C18H32N6.HI/c1-6-19-17(22-18(2,3)4)21-14-15-7-8-20-16(13-15)24-11-9-23(5)10-12-24;/h7-8,13H,6,9-12,14H2,1-5H3,(H2,19,21,22);1H. The Balaban J connectivity index is 0.00000312. The van der Waals surface area contributed by atoms with E-state index in [4.69, 9.17) is 4.99 Å². The second kappa shape index (κ2) is 10.2. The summed E-state index contributed by atoms with van der Waals surface area (Å²) in [4.78, 5) is 14.0. The van der Waals surface area contributed by atoms with Gasteiger partial charge in [-0.25, -0.2) is 9.98 Å². The molecule has 0 atom stereocenters. The van der Waals surface area contributed by atoms with Crippen molar-refractivity contribution in [3.05, 3.63) is 23.9 Å². The molecule has 0 unspecified atom stereocenters. The van der Waals surface area contributed by atoms with Gasteiger partial charge in [-0.1, -0.05) is 0 Å². The number of rotatable bonds is 4. The lowest BCUT2D eigenvalue weighted by atomic mass is 10.1. The quantitative estimate of drug-likeness (QED) is 0.411. The zero-order chi connectivity index (χ0) is 17.6. The molecule has 142 valence electrons. The minimum Gasteiger partial charge on any atom is -0.357 e. The molecule has 25 heavy (non-hydrogen) atoms. The first kappa shape index (κ1) is 22.0. The molecule has 1 fully saturated rings. The molecular weight excluding hydrogens is 427 g/mol. The summed E-state index contributed by atoms with van der Waals surface area (Å²) < 4.78 is 0. The lowest BCUT2D eigenvalue weighted by Gasteiger charge is -2.33. The molecule has 0 amide bonds. The maximum Gasteiger partial charge on any atom is 0.191 e. The minimum absolute atomic E-state index is 0. The second-order valence-electron chi connectivity index (χ2n) is 7.38. The lowest BCUT2D eigenvalue weighted by molar-refractivity contribution is 0.312. The Morgan fingerprint density at radius 1 is 1.24 bits per heavy atom. The maximum atomic E-state index is 4.71. The van der Waals surface area contributed by atoms with Crippen molar-refractivity contribution in [1.29, 1.82) is 0 Å². The molecule has 0 bridgehead atoms. The fourth-order valence-corrected chi connectivity index (χ4v) is 2.60. The van der Waals surface area contributed by atoms with Crippen LogP contribution in [0.4, 0.5) is 5.82 Å². The van der Waals surface area contributed by atoms with E-state index in [1.54, 1.807) is 0 Å². The first-order chi connectivity index (χ1) is 11.4. The molecule has 2 rings (SSSR count). The Labute approximate surface area is 169 Å². The topological polar surface area (TPSA) is 55.8 Å². The highest BCUT2D eigenvalue weighted by atomic mass is 127. The average molecular weight is 460 g/mol. The number of nitrogens with zero attached hydrogens (tertiary/aromatic N) is 4. The van der Waals surface area contributed by atoms with Crippen LogP contribution < -0.4 is 15.5 Å². The molecule has 1 aliphatic rings. The van der Waals surface area contributed by atoms with Gasteiger partial charge in [-0.15, -0.1) is 24.0 Å². The Kier molecular flexibility index (Phi) is 8.92. The van der Waals surface area contributed by atoms with Crippen LogP contribution in [-0.2, 0) is 6.54 Å². The number of piperazine rings is 1. The molecular formula is C18H33IN6. The number of hydrogen-bond acceptors (Lipinski definition) is 4. The van der Waals surface area contributed by atoms with E-state index in [1.807, 2.05) is 12.3 Å². The molecule has 1 aromatic heterocycles. The first-order valence-electron chi connectivity index (χ1n) is 8.82. The van der Waals surface area contributed by atoms with Crippen molar-refractivity contribution in [2.45, 2.75) is 39.8 Å². The van der Waals surface area contributed by atoms with E-state index in [1.165, 1.54) is 5.56 Å². The number of halogens is 1. The molecule has 0 radical (unpaired) electrons. The molecule has 2 N–H and O–H groups in total. The molecule has 7 heteroatoms. The summed E-state index contributed by atoms with van der Waals surface area (Å²) in [5, 5.41) is 6.72. The molecule has 1 aliphatic heterocycles. The van der Waals surface area contributed by atoms with Crippen LogP contribution in [0.2, 0.25) is 0 Å². The third-order valence-corrected chi connectivity index (χ3v) is 3.89. The predicted molar refractivity (Wildman–Crippen MR) is 117 cm³/mol. The van der Waals surface area contributed by atoms with E-state index < -0.39 is 0 Å². The van der Waals surface area contributed by atoms with Crippen LogP contribution in [0.25, 0.3) is 0 Å². The number of anilines is 1. The van der Waals surface area contributed by atoms with Crippen molar-refractivity contribution in [2.75, 3.05) is 44.7 Å². The summed E-state index contributed by atoms with van der Waals surface area (Å²) in [6, 6.07) is 4.21. The average Bonchev–Trinajstić information content (AvgIpc) is 2.52. The van der Waals surface area contributed by atoms with Gasteiger partial charge in [0.15, 0.2) is 5.96 Å². The van der Waals surface area contributed by atoms with Crippen molar-refractivity contribution >= 4 is 35.8 Å². The number of likely N-dealkylation sites (N-methyl/N-ethyl adjacent to an activating group) is 1. The number of aromatic nitrogens is 1. The Morgan fingerprint density at radius 2 is 1.92 bits per heavy atom. The zero-order valence-corrected chi connectivity index (χ0v) is 18.5. The normalized spacial score (nSPS) is 16.4. The number of pyridine rings is 1. The summed E-state index contributed by atoms with van der Waals surface area (Å²) in [5.74, 6) is 1.91. The number of aliphatic imine (C=N–C) groups is 1. The molecule has 1 saturated heterocycles. The number of nitrogens with one attached hydrogen (secondary N) is 2. The lowest BCUT2D eigenvalue weighted by Crippen LogP contribution is -2.47. The van der Waals surface area contributed by atoms with Gasteiger partial charge in [0.25, 0.3) is 0 Å². The molecule has 0 spiro atoms. The van der Waals surface area contributed by atoms with Crippen molar-refractivity contribution in [3.63, 3.8) is 0 Å². The molecule has 6 nitrogen and oxygen atoms in total. The van der Waals surface area contributed by atoms with Gasteiger partial charge in [-0.2, -0.15) is 0 Å². The smallest absolute Gasteiger partial charge is 0.191 e. The Bertz CT molecular complexity index is 547. The molecule has 0 saturated carbocycles. The van der Waals surface area contributed by atoms with E-state index in [2.05, 4.69) is 66.2 Å². The van der Waals surface area contributed by atoms with Gasteiger partial charge in [-0.3, -0.25) is 0 Å². The van der Waals surface area contributed by atoms with E-state index in [0.717, 1.165) is 44.5 Å². The fourth-order valence-electron chi connectivity index (χ4n) is 2.60. The predicted octanol–water partition coefficient (Wildman–Crippen LogP) is 2.31. The Hall–Kier alpha value is -1.09. The van der Waals surface area contributed by atoms with Crippen molar-refractivity contribution in [1.82, 2.24) is 20.5 Å². The van der Waals surface area contributed by atoms with Gasteiger partial charge < -0.3 is 20.4 Å². The maximum absolute atomic E-state index is 4.71. The highest BCUT2D eigenvalue weighted by molar-refractivity contribution is 14.0. The van der Waals surface area contributed by atoms with Gasteiger partial charge in [0.1, 0.15) is 5.82 Å². The van der Waals surface area contributed by atoms with Gasteiger partial charge in [0.05, 0.1) is 6.54 Å². The van der Waals surface area contributed by atoms with Crippen LogP contribution in [0.5, 0.6) is 0 Å². The third-order valence-electron chi connectivity index (χ3n) is 3.89. The monoisotopic (exact) mass is 460 g/mol. The SMILES string of the molecule is CCNC(=NCc1ccnc(N2CCN(C)CC2)c1)NC(C)(C)C.I. The minimum atomic E-state index is -0.00969. The second-order valence-corrected chi connectivity index (χ2v) is 7.38. The van der Waals surface area contributed by atoms with Crippen LogP contribution in [0.3, 0.4) is 0 Å². The molecule has 1 aromatic rings. The third kappa shape index (κ3) is 7.77. The fraction of sp³-hybridized carbons (Fsp3) is 0.667. The van der Waals surface area contributed by atoms with Crippen LogP contribution in [-0.4, -0.2) is 61.2 Å². The summed E-state index contributed by atoms with van der Waals surface area (Å²) in [6.45, 7) is 14.2. The van der Waals surface area contributed by atoms with Gasteiger partial charge >= 0.3 is 0 Å². The largest absolute Gasteiger partial charge is 0.357 e.